The van der Waals surface area contributed by atoms with E-state index in [1.165, 1.54) is 48.7 Å². The van der Waals surface area contributed by atoms with Crippen molar-refractivity contribution in [1.82, 2.24) is 19.6 Å². The van der Waals surface area contributed by atoms with Crippen molar-refractivity contribution in [2.24, 2.45) is 0 Å². The predicted molar refractivity (Wildman–Crippen MR) is 230 cm³/mol. The van der Waals surface area contributed by atoms with Crippen LogP contribution in [0, 0.1) is 10.1 Å². The van der Waals surface area contributed by atoms with Crippen LogP contribution in [0.1, 0.15) is 110 Å². The van der Waals surface area contributed by atoms with E-state index < -0.39 is 43.2 Å². The van der Waals surface area contributed by atoms with Crippen molar-refractivity contribution in [3.63, 3.8) is 0 Å². The highest BCUT2D eigenvalue weighted by atomic mass is 32.2. The topological polar surface area (TPSA) is 180 Å². The minimum atomic E-state index is -4.64. The number of benzene rings is 3. The number of rotatable bonds is 13. The number of nitrogens with zero attached hydrogens (tertiary/aromatic N) is 3. The van der Waals surface area contributed by atoms with Gasteiger partial charge in [-0.05, 0) is 142 Å². The highest BCUT2D eigenvalue weighted by Crippen LogP contribution is 2.47. The summed E-state index contributed by atoms with van der Waals surface area (Å²) in [5.41, 5.74) is 3.19. The number of alkyl halides is 1. The van der Waals surface area contributed by atoms with E-state index in [-0.39, 0.29) is 49.2 Å². The van der Waals surface area contributed by atoms with E-state index in [4.69, 9.17) is 4.74 Å². The van der Waals surface area contributed by atoms with Crippen LogP contribution < -0.4 is 14.8 Å². The van der Waals surface area contributed by atoms with Gasteiger partial charge in [0.25, 0.3) is 21.6 Å². The number of hydrogen-bond donors (Lipinski definition) is 4. The van der Waals surface area contributed by atoms with Gasteiger partial charge in [0.15, 0.2) is 0 Å². The lowest BCUT2D eigenvalue weighted by molar-refractivity contribution is -0.384. The van der Waals surface area contributed by atoms with Crippen LogP contribution in [0.25, 0.3) is 16.6 Å². The van der Waals surface area contributed by atoms with Crippen molar-refractivity contribution >= 4 is 43.9 Å². The molecule has 5 aromatic rings. The zero-order valence-electron chi connectivity index (χ0n) is 33.7. The smallest absolute Gasteiger partial charge is 0.293 e. The molecule has 318 valence electrons. The van der Waals surface area contributed by atoms with Gasteiger partial charge in [0, 0.05) is 36.3 Å². The number of fused-ring (bicyclic) bond motifs is 1. The van der Waals surface area contributed by atoms with Crippen molar-refractivity contribution in [2.75, 3.05) is 18.4 Å². The van der Waals surface area contributed by atoms with Crippen LogP contribution in [0.4, 0.5) is 15.8 Å². The fourth-order valence-electron chi connectivity index (χ4n) is 9.39. The second-order valence-electron chi connectivity index (χ2n) is 17.0. The quantitative estimate of drug-likeness (QED) is 0.0660. The van der Waals surface area contributed by atoms with Crippen LogP contribution in [0.3, 0.4) is 0 Å². The molecule has 3 fully saturated rings. The van der Waals surface area contributed by atoms with Gasteiger partial charge < -0.3 is 20.1 Å². The van der Waals surface area contributed by atoms with Crippen molar-refractivity contribution in [3.8, 4) is 11.5 Å². The molecular weight excluding hydrogens is 800 g/mol. The molecule has 2 saturated carbocycles. The number of aromatic amines is 1. The first-order valence-corrected chi connectivity index (χ1v) is 22.7. The maximum atomic E-state index is 15.4. The largest absolute Gasteiger partial charge is 0.455 e. The van der Waals surface area contributed by atoms with E-state index >= 15 is 4.39 Å². The van der Waals surface area contributed by atoms with E-state index in [2.05, 4.69) is 55.2 Å². The first kappa shape index (κ1) is 40.7. The monoisotopic (exact) mass is 848 g/mol. The van der Waals surface area contributed by atoms with Crippen molar-refractivity contribution in [3.05, 3.63) is 124 Å². The van der Waals surface area contributed by atoms with Gasteiger partial charge in [-0.25, -0.2) is 22.5 Å². The zero-order chi connectivity index (χ0) is 42.3. The fraction of sp³-hybridized carbons (Fsp3) is 0.391. The van der Waals surface area contributed by atoms with Crippen molar-refractivity contribution < 1.29 is 32.4 Å². The van der Waals surface area contributed by atoms with E-state index in [0.29, 0.717) is 29.4 Å². The number of hydrogen-bond acceptors (Lipinski definition) is 10. The second kappa shape index (κ2) is 16.7. The molecule has 4 aliphatic rings. The Morgan fingerprint density at radius 1 is 1.02 bits per heavy atom. The standard InChI is InChI=1S/C46H49FN6O7S/c47-46(20-17-34(54)18-21-46)28-50-40-16-14-36(26-42(40)53(56)57)61(58,59)51-45(55)39-15-11-31(25-43(39)60-35-24-32-19-22-48-44(32)49-27-35)29-9-12-33(13-10-29)52-23-3-6-41(52)38-5-2-1-4-37(38)30-7-8-30/h1-2,4-5,9,11,14-16,19,22,24-27,30,33-34,41,50,54H,3,6-8,10,12-13,17-18,20-21,23,28H2,(H,48,49)(H,51,55). The lowest BCUT2D eigenvalue weighted by atomic mass is 9.85. The molecule has 1 aliphatic heterocycles. The van der Waals surface area contributed by atoms with Crippen LogP contribution in [0.5, 0.6) is 11.5 Å². The maximum Gasteiger partial charge on any atom is 0.293 e. The summed E-state index contributed by atoms with van der Waals surface area (Å²) in [4.78, 5) is 34.9. The van der Waals surface area contributed by atoms with Crippen LogP contribution in [-0.2, 0) is 10.0 Å². The number of anilines is 1. The highest BCUT2D eigenvalue weighted by Gasteiger charge is 2.37. The Hall–Kier alpha value is -5.64. The molecule has 1 saturated heterocycles. The minimum Gasteiger partial charge on any atom is -0.455 e. The van der Waals surface area contributed by atoms with Gasteiger partial charge >= 0.3 is 0 Å². The molecule has 0 bridgehead atoms. The lowest BCUT2D eigenvalue weighted by Crippen LogP contribution is -2.38. The van der Waals surface area contributed by atoms with Crippen molar-refractivity contribution in [1.29, 1.82) is 0 Å². The van der Waals surface area contributed by atoms with Crippen molar-refractivity contribution in [2.45, 2.75) is 105 Å². The number of aliphatic hydroxyl groups excluding tert-OH is 1. The maximum absolute atomic E-state index is 15.4. The van der Waals surface area contributed by atoms with Gasteiger partial charge in [-0.1, -0.05) is 36.4 Å². The number of aromatic nitrogens is 2. The number of likely N-dealkylation sites (tertiary alicyclic amines) is 1. The molecule has 4 N–H and O–H groups in total. The number of carbonyl (C=O) groups excluding carboxylic acids is 1. The molecule has 1 amide bonds. The number of halogens is 1. The second-order valence-corrected chi connectivity index (χ2v) is 18.6. The molecule has 13 nitrogen and oxygen atoms in total. The fourth-order valence-corrected chi connectivity index (χ4v) is 10.4. The molecular formula is C46H49FN6O7S. The predicted octanol–water partition coefficient (Wildman–Crippen LogP) is 9.09. The first-order chi connectivity index (χ1) is 29.4. The summed E-state index contributed by atoms with van der Waals surface area (Å²) < 4.78 is 51.1. The number of nitro groups is 1. The zero-order valence-corrected chi connectivity index (χ0v) is 34.5. The number of amides is 1. The van der Waals surface area contributed by atoms with E-state index in [1.807, 2.05) is 6.07 Å². The summed E-state index contributed by atoms with van der Waals surface area (Å²) in [5.74, 6) is 0.145. The molecule has 0 radical (unpaired) electrons. The Bertz CT molecular complexity index is 2620. The normalized spacial score (nSPS) is 23.4. The third-order valence-electron chi connectivity index (χ3n) is 12.9. The molecule has 2 atom stereocenters. The summed E-state index contributed by atoms with van der Waals surface area (Å²) in [7, 11) is -4.64. The summed E-state index contributed by atoms with van der Waals surface area (Å²) in [6.07, 6.45) is 13.2. The Labute approximate surface area is 353 Å². The molecule has 3 aromatic carbocycles. The number of ether oxygens (including phenoxy) is 1. The van der Waals surface area contributed by atoms with E-state index in [9.17, 15) is 28.4 Å². The lowest BCUT2D eigenvalue weighted by Gasteiger charge is -2.36. The SMILES string of the molecule is O=C(NS(=O)(=O)c1ccc(NCC2(F)CCC(O)CC2)c([N+](=O)[O-])c1)c1ccc(C2=CCC(N3CCCC3c3ccccc3C3CC3)CC2)cc1Oc1cnc2[nH]ccc2c1. The average molecular weight is 849 g/mol. The number of pyridine rings is 1. The minimum absolute atomic E-state index is 0.0661. The number of nitro benzene ring substituents is 1. The van der Waals surface area contributed by atoms with Gasteiger partial charge in [0.05, 0.1) is 27.7 Å². The Morgan fingerprint density at radius 3 is 2.57 bits per heavy atom. The summed E-state index contributed by atoms with van der Waals surface area (Å²) in [6.45, 7) is 0.822. The number of carbonyl (C=O) groups is 1. The molecule has 61 heavy (non-hydrogen) atoms. The summed E-state index contributed by atoms with van der Waals surface area (Å²) in [6, 6.07) is 21.6. The summed E-state index contributed by atoms with van der Waals surface area (Å²) in [5, 5.41) is 25.4. The third kappa shape index (κ3) is 8.77. The van der Waals surface area contributed by atoms with Gasteiger partial charge in [-0.15, -0.1) is 0 Å². The van der Waals surface area contributed by atoms with Crippen LogP contribution in [-0.4, -0.2) is 70.1 Å². The van der Waals surface area contributed by atoms with Gasteiger partial charge in [0.2, 0.25) is 0 Å². The molecule has 9 rings (SSSR count). The Balaban J connectivity index is 0.950. The number of sulfonamides is 1. The molecule has 0 spiro atoms. The van der Waals surface area contributed by atoms with E-state index in [1.54, 1.807) is 24.4 Å². The molecule has 3 heterocycles. The Morgan fingerprint density at radius 2 is 1.82 bits per heavy atom. The first-order valence-electron chi connectivity index (χ1n) is 21.2. The van der Waals surface area contributed by atoms with Gasteiger partial charge in [-0.2, -0.15) is 0 Å². The number of allylic oxidation sites excluding steroid dienone is 1. The average Bonchev–Trinajstić information content (AvgIpc) is 3.80. The van der Waals surface area contributed by atoms with E-state index in [0.717, 1.165) is 60.9 Å². The number of H-pyrrole nitrogens is 1. The van der Waals surface area contributed by atoms with Crippen LogP contribution in [0.15, 0.2) is 96.2 Å². The molecule has 3 aliphatic carbocycles. The number of nitrogens with one attached hydrogen (secondary N) is 3. The third-order valence-corrected chi connectivity index (χ3v) is 14.2. The molecule has 15 heteroatoms. The Kier molecular flexibility index (Phi) is 11.1. The van der Waals surface area contributed by atoms with Crippen LogP contribution in [0.2, 0.25) is 0 Å². The highest BCUT2D eigenvalue weighted by molar-refractivity contribution is 7.90. The van der Waals surface area contributed by atoms with Gasteiger partial charge in [-0.3, -0.25) is 19.8 Å². The molecule has 2 aromatic heterocycles. The molecule has 2 unspecified atom stereocenters. The van der Waals surface area contributed by atoms with Crippen LogP contribution >= 0.6 is 0 Å². The number of aliphatic hydroxyl groups is 1. The summed E-state index contributed by atoms with van der Waals surface area (Å²) >= 11 is 0. The van der Waals surface area contributed by atoms with Gasteiger partial charge in [0.1, 0.15) is 28.5 Å².